The van der Waals surface area contributed by atoms with Gasteiger partial charge >= 0.3 is 12.1 Å². The quantitative estimate of drug-likeness (QED) is 0.646. The number of carboxylic acids is 1. The summed E-state index contributed by atoms with van der Waals surface area (Å²) in [4.78, 5) is 24.3. The van der Waals surface area contributed by atoms with E-state index in [-0.39, 0.29) is 35.4 Å². The molecule has 0 saturated heterocycles. The number of hydrogen-bond acceptors (Lipinski definition) is 3. The van der Waals surface area contributed by atoms with E-state index in [0.29, 0.717) is 5.56 Å². The Bertz CT molecular complexity index is 904. The maximum atomic E-state index is 12.7. The predicted molar refractivity (Wildman–Crippen MR) is 104 cm³/mol. The number of alkyl halides is 3. The van der Waals surface area contributed by atoms with Gasteiger partial charge in [-0.2, -0.15) is 13.2 Å². The van der Waals surface area contributed by atoms with E-state index in [4.69, 9.17) is 4.74 Å². The molecule has 0 spiro atoms. The molecule has 160 valence electrons. The van der Waals surface area contributed by atoms with Crippen LogP contribution in [0.2, 0.25) is 0 Å². The largest absolute Gasteiger partial charge is 0.487 e. The molecule has 30 heavy (non-hydrogen) atoms. The number of halogens is 3. The third-order valence-corrected chi connectivity index (χ3v) is 5.16. The second-order valence-corrected chi connectivity index (χ2v) is 7.29. The Balaban J connectivity index is 1.77. The molecule has 1 fully saturated rings. The molecule has 0 aromatic heterocycles. The molecule has 1 amide bonds. The lowest BCUT2D eigenvalue weighted by molar-refractivity contribution is -0.137. The Morgan fingerprint density at radius 2 is 1.70 bits per heavy atom. The summed E-state index contributed by atoms with van der Waals surface area (Å²) < 4.78 is 43.7. The number of para-hydroxylation sites is 1. The van der Waals surface area contributed by atoms with Crippen molar-refractivity contribution in [3.8, 4) is 5.75 Å². The Kier molecular flexibility index (Phi) is 6.64. The topological polar surface area (TPSA) is 75.6 Å². The lowest BCUT2D eigenvalue weighted by atomic mass is 9.88. The number of ether oxygens (including phenoxy) is 1. The first-order chi connectivity index (χ1) is 14.3. The predicted octanol–water partition coefficient (Wildman–Crippen LogP) is 5.50. The second-order valence-electron chi connectivity index (χ2n) is 7.29. The van der Waals surface area contributed by atoms with Crippen molar-refractivity contribution < 1.29 is 32.6 Å². The highest BCUT2D eigenvalue weighted by atomic mass is 19.4. The zero-order valence-electron chi connectivity index (χ0n) is 16.2. The first kappa shape index (κ1) is 21.7. The molecular weight excluding hydrogens is 399 g/mol. The number of anilines is 1. The summed E-state index contributed by atoms with van der Waals surface area (Å²) in [5.74, 6) is -1.49. The molecule has 0 radical (unpaired) electrons. The van der Waals surface area contributed by atoms with Gasteiger partial charge in [0.2, 0.25) is 5.91 Å². The minimum Gasteiger partial charge on any atom is -0.487 e. The first-order valence-electron chi connectivity index (χ1n) is 9.72. The Hall–Kier alpha value is -3.03. The molecule has 5 nitrogen and oxygen atoms in total. The zero-order valence-corrected chi connectivity index (χ0v) is 16.2. The van der Waals surface area contributed by atoms with Crippen LogP contribution in [-0.2, 0) is 17.6 Å². The summed E-state index contributed by atoms with van der Waals surface area (Å²) >= 11 is 0. The van der Waals surface area contributed by atoms with Crippen molar-refractivity contribution in [2.24, 2.45) is 5.92 Å². The van der Waals surface area contributed by atoms with Crippen LogP contribution in [0, 0.1) is 5.92 Å². The monoisotopic (exact) mass is 421 g/mol. The van der Waals surface area contributed by atoms with Crippen LogP contribution in [0.1, 0.15) is 53.6 Å². The van der Waals surface area contributed by atoms with Crippen LogP contribution in [0.3, 0.4) is 0 Å². The number of carboxylic acid groups (broad SMARTS) is 1. The SMILES string of the molecule is O=C(O)c1cccc(OCc2ccc(C(F)(F)F)cc2)c1NC(=O)C1CCCCC1. The molecule has 0 unspecified atom stereocenters. The van der Waals surface area contributed by atoms with Gasteiger partial charge in [-0.25, -0.2) is 4.79 Å². The number of carbonyl (C=O) groups is 2. The van der Waals surface area contributed by atoms with Crippen molar-refractivity contribution in [3.05, 3.63) is 59.2 Å². The highest BCUT2D eigenvalue weighted by molar-refractivity contribution is 6.03. The first-order valence-corrected chi connectivity index (χ1v) is 9.72. The van der Waals surface area contributed by atoms with Gasteiger partial charge in [-0.15, -0.1) is 0 Å². The second kappa shape index (κ2) is 9.19. The molecule has 1 aliphatic rings. The highest BCUT2D eigenvalue weighted by Crippen LogP contribution is 2.33. The van der Waals surface area contributed by atoms with E-state index >= 15 is 0 Å². The molecule has 1 saturated carbocycles. The number of aromatic carboxylic acids is 1. The van der Waals surface area contributed by atoms with Gasteiger partial charge in [0.1, 0.15) is 12.4 Å². The summed E-state index contributed by atoms with van der Waals surface area (Å²) in [6.07, 6.45) is 0.0697. The van der Waals surface area contributed by atoms with E-state index in [2.05, 4.69) is 5.32 Å². The van der Waals surface area contributed by atoms with E-state index in [1.165, 1.54) is 30.3 Å². The van der Waals surface area contributed by atoms with E-state index in [9.17, 15) is 27.9 Å². The van der Waals surface area contributed by atoms with E-state index in [1.807, 2.05) is 0 Å². The van der Waals surface area contributed by atoms with Gasteiger partial charge in [0.25, 0.3) is 0 Å². The summed E-state index contributed by atoms with van der Waals surface area (Å²) in [6, 6.07) is 8.88. The van der Waals surface area contributed by atoms with Crippen molar-refractivity contribution in [2.45, 2.75) is 44.9 Å². The molecule has 8 heteroatoms. The molecule has 1 aliphatic carbocycles. The van der Waals surface area contributed by atoms with Gasteiger partial charge in [0, 0.05) is 5.92 Å². The van der Waals surface area contributed by atoms with Crippen molar-refractivity contribution >= 4 is 17.6 Å². The smallest absolute Gasteiger partial charge is 0.416 e. The molecule has 0 heterocycles. The van der Waals surface area contributed by atoms with Gasteiger partial charge in [0.15, 0.2) is 0 Å². The van der Waals surface area contributed by atoms with E-state index in [0.717, 1.165) is 44.2 Å². The Labute approximate surface area is 171 Å². The van der Waals surface area contributed by atoms with Crippen molar-refractivity contribution in [2.75, 3.05) is 5.32 Å². The zero-order chi connectivity index (χ0) is 21.7. The summed E-state index contributed by atoms with van der Waals surface area (Å²) in [6.45, 7) is -0.0759. The minimum absolute atomic E-state index is 0.0625. The average molecular weight is 421 g/mol. The van der Waals surface area contributed by atoms with Gasteiger partial charge in [-0.1, -0.05) is 37.5 Å². The Morgan fingerprint density at radius 1 is 1.03 bits per heavy atom. The molecule has 2 aromatic rings. The fourth-order valence-corrected chi connectivity index (χ4v) is 3.50. The average Bonchev–Trinajstić information content (AvgIpc) is 2.73. The molecule has 0 atom stereocenters. The van der Waals surface area contributed by atoms with Crippen LogP contribution in [-0.4, -0.2) is 17.0 Å². The van der Waals surface area contributed by atoms with Crippen LogP contribution in [0.5, 0.6) is 5.75 Å². The van der Waals surface area contributed by atoms with Gasteiger partial charge in [-0.3, -0.25) is 4.79 Å². The number of benzene rings is 2. The van der Waals surface area contributed by atoms with Crippen LogP contribution in [0.4, 0.5) is 18.9 Å². The van der Waals surface area contributed by atoms with Crippen molar-refractivity contribution in [1.82, 2.24) is 0 Å². The normalized spacial score (nSPS) is 14.9. The van der Waals surface area contributed by atoms with Gasteiger partial charge < -0.3 is 15.2 Å². The maximum absolute atomic E-state index is 12.7. The van der Waals surface area contributed by atoms with Crippen molar-refractivity contribution in [1.29, 1.82) is 0 Å². The third-order valence-electron chi connectivity index (χ3n) is 5.16. The fourth-order valence-electron chi connectivity index (χ4n) is 3.50. The van der Waals surface area contributed by atoms with Crippen LogP contribution >= 0.6 is 0 Å². The number of carbonyl (C=O) groups excluding carboxylic acids is 1. The molecule has 2 N–H and O–H groups in total. The standard InChI is InChI=1S/C22H22F3NO4/c23-22(24,25)16-11-9-14(10-12-16)13-30-18-8-4-7-17(21(28)29)19(18)26-20(27)15-5-2-1-3-6-15/h4,7-12,15H,1-3,5-6,13H2,(H,26,27)(H,28,29). The fraction of sp³-hybridized carbons (Fsp3) is 0.364. The number of rotatable bonds is 6. The molecule has 3 rings (SSSR count). The molecule has 2 aromatic carbocycles. The summed E-state index contributed by atoms with van der Waals surface area (Å²) in [5.41, 5.74) is -0.329. The van der Waals surface area contributed by atoms with Gasteiger partial charge in [0.05, 0.1) is 16.8 Å². The number of amides is 1. The third kappa shape index (κ3) is 5.31. The number of nitrogens with one attached hydrogen (secondary N) is 1. The lowest BCUT2D eigenvalue weighted by Crippen LogP contribution is -2.26. The van der Waals surface area contributed by atoms with Crippen LogP contribution in [0.25, 0.3) is 0 Å². The maximum Gasteiger partial charge on any atom is 0.416 e. The Morgan fingerprint density at radius 3 is 2.30 bits per heavy atom. The highest BCUT2D eigenvalue weighted by Gasteiger charge is 2.30. The van der Waals surface area contributed by atoms with Crippen LogP contribution < -0.4 is 10.1 Å². The number of hydrogen-bond donors (Lipinski definition) is 2. The summed E-state index contributed by atoms with van der Waals surface area (Å²) in [5, 5.41) is 12.2. The molecular formula is C22H22F3NO4. The lowest BCUT2D eigenvalue weighted by Gasteiger charge is -2.22. The molecule has 0 aliphatic heterocycles. The van der Waals surface area contributed by atoms with Crippen molar-refractivity contribution in [3.63, 3.8) is 0 Å². The van der Waals surface area contributed by atoms with E-state index in [1.54, 1.807) is 0 Å². The van der Waals surface area contributed by atoms with Crippen LogP contribution in [0.15, 0.2) is 42.5 Å². The van der Waals surface area contributed by atoms with E-state index < -0.39 is 17.7 Å². The molecule has 0 bridgehead atoms. The van der Waals surface area contributed by atoms with Gasteiger partial charge in [-0.05, 0) is 42.7 Å². The summed E-state index contributed by atoms with van der Waals surface area (Å²) in [7, 11) is 0. The minimum atomic E-state index is -4.42.